The molecule has 6 aromatic rings. The largest absolute Gasteiger partial charge is 0.390 e. The zero-order valence-corrected chi connectivity index (χ0v) is 18.7. The van der Waals surface area contributed by atoms with Crippen molar-refractivity contribution in [3.63, 3.8) is 0 Å². The molecule has 0 atom stereocenters. The average molecular weight is 463 g/mol. The number of aliphatic hydroxyl groups is 2. The fraction of sp³-hybridized carbons (Fsp3) is 0.111. The third-order valence-corrected chi connectivity index (χ3v) is 5.92. The molecule has 0 bridgehead atoms. The zero-order chi connectivity index (χ0) is 23.8. The molecule has 0 fully saturated rings. The number of fused-ring (bicyclic) bond motifs is 2. The van der Waals surface area contributed by atoms with E-state index in [-0.39, 0.29) is 13.2 Å². The Morgan fingerprint density at radius 2 is 1.06 bits per heavy atom. The van der Waals surface area contributed by atoms with Crippen molar-refractivity contribution in [2.45, 2.75) is 19.6 Å². The highest BCUT2D eigenvalue weighted by atomic mass is 16.3. The summed E-state index contributed by atoms with van der Waals surface area (Å²) >= 11 is 0. The van der Waals surface area contributed by atoms with Crippen LogP contribution in [-0.2, 0) is 19.6 Å². The second-order valence-corrected chi connectivity index (χ2v) is 8.40. The van der Waals surface area contributed by atoms with Gasteiger partial charge in [0, 0.05) is 0 Å². The molecule has 8 nitrogen and oxygen atoms in total. The first-order valence-electron chi connectivity index (χ1n) is 11.3. The molecule has 4 N–H and O–H groups in total. The predicted octanol–water partition coefficient (Wildman–Crippen LogP) is 4.14. The summed E-state index contributed by atoms with van der Waals surface area (Å²) in [6, 6.07) is 23.4. The molecule has 0 aliphatic carbocycles. The van der Waals surface area contributed by atoms with Gasteiger partial charge in [-0.3, -0.25) is 0 Å². The number of aromatic amines is 2. The lowest BCUT2D eigenvalue weighted by molar-refractivity contribution is 0.277. The van der Waals surface area contributed by atoms with Gasteiger partial charge in [0.1, 0.15) is 11.4 Å². The third kappa shape index (κ3) is 4.16. The number of pyridine rings is 2. The number of nitrogens with one attached hydrogen (secondary N) is 2. The minimum atomic E-state index is -0.105. The van der Waals surface area contributed by atoms with Crippen LogP contribution in [0.25, 0.3) is 45.1 Å². The Morgan fingerprint density at radius 1 is 0.571 bits per heavy atom. The van der Waals surface area contributed by atoms with Crippen molar-refractivity contribution in [3.8, 4) is 23.0 Å². The van der Waals surface area contributed by atoms with Crippen molar-refractivity contribution in [2.75, 3.05) is 0 Å². The van der Waals surface area contributed by atoms with Crippen molar-refractivity contribution in [1.82, 2.24) is 29.9 Å². The van der Waals surface area contributed by atoms with E-state index in [1.165, 1.54) is 0 Å². The third-order valence-electron chi connectivity index (χ3n) is 5.92. The number of aliphatic hydroxyl groups excluding tert-OH is 2. The molecule has 4 heterocycles. The maximum atomic E-state index is 9.36. The molecule has 0 saturated carbocycles. The fourth-order valence-corrected chi connectivity index (χ4v) is 4.21. The monoisotopic (exact) mass is 462 g/mol. The highest BCUT2D eigenvalue weighted by Gasteiger charge is 2.10. The van der Waals surface area contributed by atoms with E-state index < -0.39 is 0 Å². The van der Waals surface area contributed by atoms with Gasteiger partial charge in [-0.2, -0.15) is 0 Å². The number of hydrogen-bond acceptors (Lipinski definition) is 6. The molecule has 0 radical (unpaired) electrons. The van der Waals surface area contributed by atoms with Gasteiger partial charge < -0.3 is 20.2 Å². The Labute approximate surface area is 200 Å². The molecular weight excluding hydrogens is 440 g/mol. The van der Waals surface area contributed by atoms with Crippen LogP contribution in [0.2, 0.25) is 0 Å². The van der Waals surface area contributed by atoms with Crippen LogP contribution in [0.5, 0.6) is 0 Å². The summed E-state index contributed by atoms with van der Waals surface area (Å²) in [6.07, 6.45) is 0.755. The standard InChI is InChI=1S/C27H22N6O2/c34-14-18-3-1-5-22(28-18)26-30-20-9-7-16(12-24(20)32-26)11-17-8-10-21-25(13-17)33-27(31-21)23-6-2-4-19(15-35)29-23/h1-10,12-13,34-35H,11,14-15H2,(H,30,32)(H,31,33). The lowest BCUT2D eigenvalue weighted by Gasteiger charge is -2.02. The Kier molecular flexibility index (Phi) is 5.29. The van der Waals surface area contributed by atoms with Crippen molar-refractivity contribution >= 4 is 22.1 Å². The van der Waals surface area contributed by atoms with Gasteiger partial charge in [-0.25, -0.2) is 19.9 Å². The molecule has 0 unspecified atom stereocenters. The first-order valence-corrected chi connectivity index (χ1v) is 11.3. The van der Waals surface area contributed by atoms with Gasteiger partial charge in [0.25, 0.3) is 0 Å². The highest BCUT2D eigenvalue weighted by Crippen LogP contribution is 2.24. The van der Waals surface area contributed by atoms with Gasteiger partial charge in [-0.15, -0.1) is 0 Å². The summed E-state index contributed by atoms with van der Waals surface area (Å²) < 4.78 is 0. The second kappa shape index (κ2) is 8.75. The molecule has 0 aliphatic heterocycles. The van der Waals surface area contributed by atoms with E-state index in [4.69, 9.17) is 0 Å². The molecule has 6 rings (SSSR count). The van der Waals surface area contributed by atoms with E-state index in [2.05, 4.69) is 54.2 Å². The van der Waals surface area contributed by atoms with Crippen LogP contribution in [0, 0.1) is 0 Å². The van der Waals surface area contributed by atoms with Crippen molar-refractivity contribution in [1.29, 1.82) is 0 Å². The number of rotatable bonds is 6. The SMILES string of the molecule is OCc1cccc(-c2nc3ccc(Cc4ccc5nc(-c6cccc(CO)n6)[nH]c5c4)cc3[nH]2)n1. The molecule has 0 aliphatic rings. The van der Waals surface area contributed by atoms with Gasteiger partial charge in [-0.05, 0) is 66.1 Å². The predicted molar refractivity (Wildman–Crippen MR) is 133 cm³/mol. The van der Waals surface area contributed by atoms with Gasteiger partial charge in [0.05, 0.1) is 46.7 Å². The zero-order valence-electron chi connectivity index (χ0n) is 18.7. The van der Waals surface area contributed by atoms with E-state index in [1.54, 1.807) is 12.1 Å². The van der Waals surface area contributed by atoms with Crippen LogP contribution in [0.1, 0.15) is 22.5 Å². The molecule has 2 aromatic carbocycles. The quantitative estimate of drug-likeness (QED) is 0.295. The van der Waals surface area contributed by atoms with Gasteiger partial charge >= 0.3 is 0 Å². The highest BCUT2D eigenvalue weighted by molar-refractivity contribution is 5.81. The Morgan fingerprint density at radius 3 is 1.51 bits per heavy atom. The molecule has 0 saturated heterocycles. The van der Waals surface area contributed by atoms with Gasteiger partial charge in [-0.1, -0.05) is 24.3 Å². The molecule has 4 aromatic heterocycles. The number of imidazole rings is 2. The Hall–Kier alpha value is -4.40. The van der Waals surface area contributed by atoms with E-state index in [0.717, 1.165) is 39.6 Å². The van der Waals surface area contributed by atoms with Crippen LogP contribution in [0.4, 0.5) is 0 Å². The average Bonchev–Trinajstić information content (AvgIpc) is 3.52. The first-order chi connectivity index (χ1) is 17.2. The summed E-state index contributed by atoms with van der Waals surface area (Å²) in [5.74, 6) is 1.36. The van der Waals surface area contributed by atoms with Crippen molar-refractivity contribution in [3.05, 3.63) is 95.3 Å². The molecule has 0 amide bonds. The van der Waals surface area contributed by atoms with Crippen molar-refractivity contribution < 1.29 is 10.2 Å². The summed E-state index contributed by atoms with van der Waals surface area (Å²) in [4.78, 5) is 24.9. The molecule has 8 heteroatoms. The van der Waals surface area contributed by atoms with Crippen LogP contribution in [0.15, 0.2) is 72.8 Å². The number of hydrogen-bond donors (Lipinski definition) is 4. The lowest BCUT2D eigenvalue weighted by atomic mass is 10.0. The number of nitrogens with zero attached hydrogens (tertiary/aromatic N) is 4. The summed E-state index contributed by atoms with van der Waals surface area (Å²) in [7, 11) is 0. The summed E-state index contributed by atoms with van der Waals surface area (Å²) in [5, 5.41) is 18.7. The van der Waals surface area contributed by atoms with Crippen LogP contribution in [-0.4, -0.2) is 40.1 Å². The Bertz CT molecular complexity index is 1550. The summed E-state index contributed by atoms with van der Waals surface area (Å²) in [6.45, 7) is -0.210. The molecule has 172 valence electrons. The van der Waals surface area contributed by atoms with E-state index in [9.17, 15) is 10.2 Å². The maximum absolute atomic E-state index is 9.36. The van der Waals surface area contributed by atoms with Gasteiger partial charge in [0.2, 0.25) is 0 Å². The maximum Gasteiger partial charge on any atom is 0.157 e. The molecule has 0 spiro atoms. The molecular formula is C27H22N6O2. The number of aromatic nitrogens is 6. The number of H-pyrrole nitrogens is 2. The van der Waals surface area contributed by atoms with Crippen LogP contribution >= 0.6 is 0 Å². The summed E-state index contributed by atoms with van der Waals surface area (Å²) in [5.41, 5.74) is 8.54. The number of benzene rings is 2. The first kappa shape index (κ1) is 21.2. The minimum Gasteiger partial charge on any atom is -0.390 e. The van der Waals surface area contributed by atoms with Crippen LogP contribution in [0.3, 0.4) is 0 Å². The fourth-order valence-electron chi connectivity index (χ4n) is 4.21. The molecule has 35 heavy (non-hydrogen) atoms. The van der Waals surface area contributed by atoms with Gasteiger partial charge in [0.15, 0.2) is 11.6 Å². The lowest BCUT2D eigenvalue weighted by Crippen LogP contribution is -1.92. The Balaban J connectivity index is 1.27. The normalized spacial score (nSPS) is 11.5. The smallest absolute Gasteiger partial charge is 0.157 e. The minimum absolute atomic E-state index is 0.105. The van der Waals surface area contributed by atoms with Crippen molar-refractivity contribution in [2.24, 2.45) is 0 Å². The van der Waals surface area contributed by atoms with E-state index >= 15 is 0 Å². The van der Waals surface area contributed by atoms with E-state index in [1.807, 2.05) is 36.4 Å². The second-order valence-electron chi connectivity index (χ2n) is 8.40. The topological polar surface area (TPSA) is 124 Å². The van der Waals surface area contributed by atoms with E-state index in [0.29, 0.717) is 34.4 Å². The van der Waals surface area contributed by atoms with Crippen LogP contribution < -0.4 is 0 Å².